The highest BCUT2D eigenvalue weighted by molar-refractivity contribution is 7.89. The van der Waals surface area contributed by atoms with Crippen LogP contribution in [0.15, 0.2) is 47.4 Å². The predicted octanol–water partition coefficient (Wildman–Crippen LogP) is 1.69. The minimum atomic E-state index is -3.53. The first kappa shape index (κ1) is 20.4. The number of fused-ring (bicyclic) bond motifs is 2. The fourth-order valence-electron chi connectivity index (χ4n) is 3.83. The van der Waals surface area contributed by atoms with Crippen LogP contribution in [0.25, 0.3) is 0 Å². The van der Waals surface area contributed by atoms with Gasteiger partial charge in [0.2, 0.25) is 21.8 Å². The first-order valence-electron chi connectivity index (χ1n) is 9.80. The van der Waals surface area contributed by atoms with Gasteiger partial charge < -0.3 is 14.5 Å². The van der Waals surface area contributed by atoms with Crippen LogP contribution in [-0.4, -0.2) is 47.0 Å². The topological polar surface area (TPSA) is 96.0 Å². The Bertz CT molecular complexity index is 1100. The maximum atomic E-state index is 12.8. The second-order valence-corrected chi connectivity index (χ2v) is 9.04. The second kappa shape index (κ2) is 8.08. The molecule has 30 heavy (non-hydrogen) atoms. The van der Waals surface area contributed by atoms with Crippen molar-refractivity contribution in [3.63, 3.8) is 0 Å². The lowest BCUT2D eigenvalue weighted by Crippen LogP contribution is -2.38. The molecule has 8 nitrogen and oxygen atoms in total. The van der Waals surface area contributed by atoms with E-state index in [1.807, 2.05) is 24.3 Å². The Morgan fingerprint density at radius 1 is 1.00 bits per heavy atom. The van der Waals surface area contributed by atoms with E-state index in [4.69, 9.17) is 4.74 Å². The summed E-state index contributed by atoms with van der Waals surface area (Å²) in [6.07, 6.45) is 0.776. The van der Waals surface area contributed by atoms with Crippen molar-refractivity contribution in [2.24, 2.45) is 0 Å². The van der Waals surface area contributed by atoms with Crippen LogP contribution in [0, 0.1) is 0 Å². The predicted molar refractivity (Wildman–Crippen MR) is 112 cm³/mol. The summed E-state index contributed by atoms with van der Waals surface area (Å²) in [4.78, 5) is 29.0. The van der Waals surface area contributed by atoms with Crippen LogP contribution in [0.3, 0.4) is 0 Å². The Labute approximate surface area is 175 Å². The number of amides is 2. The van der Waals surface area contributed by atoms with E-state index >= 15 is 0 Å². The molecule has 4 rings (SSSR count). The Morgan fingerprint density at radius 3 is 2.43 bits per heavy atom. The highest BCUT2D eigenvalue weighted by Crippen LogP contribution is 2.33. The third-order valence-corrected chi connectivity index (χ3v) is 6.82. The molecule has 0 aliphatic carbocycles. The van der Waals surface area contributed by atoms with Gasteiger partial charge in [0, 0.05) is 25.1 Å². The van der Waals surface area contributed by atoms with Gasteiger partial charge in [0.05, 0.1) is 17.1 Å². The van der Waals surface area contributed by atoms with Crippen LogP contribution in [0.1, 0.15) is 18.4 Å². The van der Waals surface area contributed by atoms with Gasteiger partial charge in [-0.15, -0.1) is 0 Å². The van der Waals surface area contributed by atoms with Crippen LogP contribution < -0.4 is 19.3 Å². The van der Waals surface area contributed by atoms with Crippen molar-refractivity contribution in [1.82, 2.24) is 4.72 Å². The molecule has 2 amide bonds. The molecule has 0 atom stereocenters. The molecule has 9 heteroatoms. The molecule has 2 aromatic rings. The van der Waals surface area contributed by atoms with E-state index in [-0.39, 0.29) is 29.6 Å². The number of ether oxygens (including phenoxy) is 1. The number of hydrogen-bond donors (Lipinski definition) is 1. The fourth-order valence-corrected chi connectivity index (χ4v) is 4.61. The summed E-state index contributed by atoms with van der Waals surface area (Å²) in [7, 11) is -2.17. The zero-order valence-electron chi connectivity index (χ0n) is 16.6. The Kier molecular flexibility index (Phi) is 5.48. The monoisotopic (exact) mass is 429 g/mol. The highest BCUT2D eigenvalue weighted by atomic mass is 32.2. The van der Waals surface area contributed by atoms with E-state index < -0.39 is 10.0 Å². The lowest BCUT2D eigenvalue weighted by atomic mass is 10.1. The van der Waals surface area contributed by atoms with Gasteiger partial charge in [-0.2, -0.15) is 0 Å². The third-order valence-electron chi connectivity index (χ3n) is 5.41. The molecule has 0 aromatic heterocycles. The van der Waals surface area contributed by atoms with Crippen molar-refractivity contribution < 1.29 is 22.7 Å². The second-order valence-electron chi connectivity index (χ2n) is 7.16. The largest absolute Gasteiger partial charge is 0.490 e. The molecule has 2 heterocycles. The first-order valence-corrected chi connectivity index (χ1v) is 11.3. The number of hydrogen-bond acceptors (Lipinski definition) is 5. The van der Waals surface area contributed by atoms with Gasteiger partial charge >= 0.3 is 0 Å². The summed E-state index contributed by atoms with van der Waals surface area (Å²) in [6, 6.07) is 12.1. The molecular formula is C21H23N3O5S. The Morgan fingerprint density at radius 2 is 1.70 bits per heavy atom. The third kappa shape index (κ3) is 3.78. The number of anilines is 2. The summed E-state index contributed by atoms with van der Waals surface area (Å²) in [5.74, 6) is 0.408. The van der Waals surface area contributed by atoms with Gasteiger partial charge in [0.1, 0.15) is 12.4 Å². The molecular weight excluding hydrogens is 406 g/mol. The Balaban J connectivity index is 1.42. The van der Waals surface area contributed by atoms with Crippen LogP contribution >= 0.6 is 0 Å². The molecule has 0 bridgehead atoms. The van der Waals surface area contributed by atoms with Gasteiger partial charge in [-0.05, 0) is 49.4 Å². The number of nitrogens with one attached hydrogen (secondary N) is 1. The quantitative estimate of drug-likeness (QED) is 0.780. The standard InChI is InChI=1S/C21H23N3O5S/c1-22-30(27,28)16-6-7-17-15(14-16)10-11-23(17)20(25)8-9-21(26)24-12-13-29-19-5-3-2-4-18(19)24/h2-7,14,22H,8-13H2,1H3. The van der Waals surface area contributed by atoms with Gasteiger partial charge in [-0.3, -0.25) is 9.59 Å². The normalized spacial score (nSPS) is 15.4. The Hall–Kier alpha value is -2.91. The van der Waals surface area contributed by atoms with Crippen molar-refractivity contribution in [2.75, 3.05) is 36.5 Å². The summed E-state index contributed by atoms with van der Waals surface area (Å²) in [5, 5.41) is 0. The minimum absolute atomic E-state index is 0.0916. The smallest absolute Gasteiger partial charge is 0.240 e. The van der Waals surface area contributed by atoms with Crippen LogP contribution in [0.4, 0.5) is 11.4 Å². The van der Waals surface area contributed by atoms with Gasteiger partial charge in [0.15, 0.2) is 0 Å². The van der Waals surface area contributed by atoms with E-state index in [1.54, 1.807) is 21.9 Å². The van der Waals surface area contributed by atoms with Crippen LogP contribution in [-0.2, 0) is 26.0 Å². The van der Waals surface area contributed by atoms with E-state index in [0.29, 0.717) is 37.6 Å². The lowest BCUT2D eigenvalue weighted by Gasteiger charge is -2.29. The summed E-state index contributed by atoms with van der Waals surface area (Å²) in [5.41, 5.74) is 2.25. The van der Waals surface area contributed by atoms with Crippen molar-refractivity contribution >= 4 is 33.2 Å². The average Bonchev–Trinajstić information content (AvgIpc) is 3.20. The maximum Gasteiger partial charge on any atom is 0.240 e. The molecule has 0 spiro atoms. The zero-order valence-corrected chi connectivity index (χ0v) is 17.4. The minimum Gasteiger partial charge on any atom is -0.490 e. The van der Waals surface area contributed by atoms with Crippen molar-refractivity contribution in [3.05, 3.63) is 48.0 Å². The lowest BCUT2D eigenvalue weighted by molar-refractivity contribution is -0.123. The van der Waals surface area contributed by atoms with Crippen molar-refractivity contribution in [2.45, 2.75) is 24.2 Å². The van der Waals surface area contributed by atoms with Crippen LogP contribution in [0.2, 0.25) is 0 Å². The van der Waals surface area contributed by atoms with E-state index in [2.05, 4.69) is 4.72 Å². The van der Waals surface area contributed by atoms with E-state index in [1.165, 1.54) is 13.1 Å². The SMILES string of the molecule is CNS(=O)(=O)c1ccc2c(c1)CCN2C(=O)CCC(=O)N1CCOc2ccccc21. The summed E-state index contributed by atoms with van der Waals surface area (Å²) < 4.78 is 31.8. The fraction of sp³-hybridized carbons (Fsp3) is 0.333. The number of nitrogens with zero attached hydrogens (tertiary/aromatic N) is 2. The van der Waals surface area contributed by atoms with Crippen molar-refractivity contribution in [1.29, 1.82) is 0 Å². The number of rotatable bonds is 5. The average molecular weight is 429 g/mol. The number of carbonyl (C=O) groups is 2. The molecule has 0 fully saturated rings. The molecule has 0 radical (unpaired) electrons. The number of sulfonamides is 1. The first-order chi connectivity index (χ1) is 14.4. The maximum absolute atomic E-state index is 12.8. The van der Waals surface area contributed by atoms with Gasteiger partial charge in [-0.1, -0.05) is 12.1 Å². The molecule has 0 saturated heterocycles. The van der Waals surface area contributed by atoms with Crippen molar-refractivity contribution in [3.8, 4) is 5.75 Å². The highest BCUT2D eigenvalue weighted by Gasteiger charge is 2.28. The molecule has 2 aromatic carbocycles. The van der Waals surface area contributed by atoms with Gasteiger partial charge in [-0.25, -0.2) is 13.1 Å². The van der Waals surface area contributed by atoms with Crippen LogP contribution in [0.5, 0.6) is 5.75 Å². The van der Waals surface area contributed by atoms with E-state index in [0.717, 1.165) is 11.3 Å². The van der Waals surface area contributed by atoms with E-state index in [9.17, 15) is 18.0 Å². The summed E-state index contributed by atoms with van der Waals surface area (Å²) in [6.45, 7) is 1.36. The molecule has 0 unspecified atom stereocenters. The molecule has 0 saturated carbocycles. The molecule has 158 valence electrons. The molecule has 2 aliphatic heterocycles. The van der Waals surface area contributed by atoms with Gasteiger partial charge in [0.25, 0.3) is 0 Å². The molecule has 1 N–H and O–H groups in total. The summed E-state index contributed by atoms with van der Waals surface area (Å²) >= 11 is 0. The molecule has 2 aliphatic rings. The zero-order chi connectivity index (χ0) is 21.3. The number of carbonyl (C=O) groups excluding carboxylic acids is 2. The number of para-hydroxylation sites is 2. The number of benzene rings is 2.